The van der Waals surface area contributed by atoms with Gasteiger partial charge in [-0.15, -0.1) is 0 Å². The maximum absolute atomic E-state index is 8.90. The topological polar surface area (TPSA) is 62.6 Å². The van der Waals surface area contributed by atoms with E-state index in [1.165, 1.54) is 24.0 Å². The van der Waals surface area contributed by atoms with Crippen LogP contribution in [0.15, 0.2) is 29.6 Å². The molecular weight excluding hydrogens is 216 g/mol. The van der Waals surface area contributed by atoms with Crippen molar-refractivity contribution in [3.8, 4) is 5.75 Å². The Balaban J connectivity index is 2.66. The van der Waals surface area contributed by atoms with Crippen LogP contribution in [0.5, 0.6) is 5.75 Å². The van der Waals surface area contributed by atoms with Crippen molar-refractivity contribution in [1.82, 2.24) is 4.98 Å². The van der Waals surface area contributed by atoms with Crippen molar-refractivity contribution < 1.29 is 14.8 Å². The summed E-state index contributed by atoms with van der Waals surface area (Å²) in [5.41, 5.74) is 2.59. The van der Waals surface area contributed by atoms with Crippen LogP contribution in [0, 0.1) is 0 Å². The number of aromatic nitrogens is 1. The van der Waals surface area contributed by atoms with E-state index in [-0.39, 0.29) is 0 Å². The van der Waals surface area contributed by atoms with Gasteiger partial charge in [0, 0.05) is 17.2 Å². The predicted molar refractivity (Wildman–Crippen MR) is 59.2 cm³/mol. The van der Waals surface area contributed by atoms with Gasteiger partial charge in [-0.3, -0.25) is 4.98 Å². The van der Waals surface area contributed by atoms with E-state index in [4.69, 9.17) is 26.4 Å². The van der Waals surface area contributed by atoms with Gasteiger partial charge in [0.25, 0.3) is 0 Å². The van der Waals surface area contributed by atoms with Crippen molar-refractivity contribution in [1.29, 1.82) is 0 Å². The van der Waals surface area contributed by atoms with E-state index in [0.29, 0.717) is 17.8 Å². The van der Waals surface area contributed by atoms with Crippen LogP contribution in [0.4, 0.5) is 0 Å². The molecule has 0 fully saturated rings. The van der Waals surface area contributed by atoms with E-state index in [0.717, 1.165) is 5.57 Å². The first-order valence-electron chi connectivity index (χ1n) is 4.33. The van der Waals surface area contributed by atoms with Crippen molar-refractivity contribution in [2.24, 2.45) is 0 Å². The minimum Gasteiger partial charge on any atom is -0.488 e. The lowest BCUT2D eigenvalue weighted by molar-refractivity contribution is 0.351. The normalized spacial score (nSPS) is 11.3. The standard InChI is InChI=1S/C9H11BClNO3/c1-7(3-11)6-15-9-2-8(10(13)14)4-12-5-9/h2-5,13-14H,6H2,1H3/b7-3-. The summed E-state index contributed by atoms with van der Waals surface area (Å²) in [5.74, 6) is 0.471. The Morgan fingerprint density at radius 3 is 2.93 bits per heavy atom. The van der Waals surface area contributed by atoms with Crippen molar-refractivity contribution in [2.75, 3.05) is 6.61 Å². The summed E-state index contributed by atoms with van der Waals surface area (Å²) in [6, 6.07) is 1.51. The molecule has 1 rings (SSSR count). The van der Waals surface area contributed by atoms with Crippen LogP contribution in [0.3, 0.4) is 0 Å². The Morgan fingerprint density at radius 1 is 1.60 bits per heavy atom. The Labute approximate surface area is 93.3 Å². The van der Waals surface area contributed by atoms with E-state index >= 15 is 0 Å². The minimum atomic E-state index is -1.54. The molecule has 0 amide bonds. The average molecular weight is 227 g/mol. The molecule has 1 aromatic rings. The molecule has 2 N–H and O–H groups in total. The van der Waals surface area contributed by atoms with E-state index in [2.05, 4.69) is 4.98 Å². The predicted octanol–water partition coefficient (Wildman–Crippen LogP) is 0.283. The third-order valence-corrected chi connectivity index (χ3v) is 2.06. The Morgan fingerprint density at radius 2 is 2.33 bits per heavy atom. The number of pyridine rings is 1. The van der Waals surface area contributed by atoms with E-state index in [1.54, 1.807) is 0 Å². The van der Waals surface area contributed by atoms with E-state index < -0.39 is 7.12 Å². The molecule has 1 heterocycles. The monoisotopic (exact) mass is 227 g/mol. The molecule has 0 aromatic carbocycles. The van der Waals surface area contributed by atoms with Gasteiger partial charge in [0.1, 0.15) is 12.4 Å². The summed E-state index contributed by atoms with van der Waals surface area (Å²) < 4.78 is 5.31. The quantitative estimate of drug-likeness (QED) is 0.726. The molecule has 0 saturated heterocycles. The second kappa shape index (κ2) is 5.75. The van der Waals surface area contributed by atoms with Gasteiger partial charge in [0.05, 0.1) is 6.20 Å². The van der Waals surface area contributed by atoms with Crippen LogP contribution >= 0.6 is 11.6 Å². The van der Waals surface area contributed by atoms with Crippen molar-refractivity contribution in [2.45, 2.75) is 6.92 Å². The third kappa shape index (κ3) is 3.91. The first-order chi connectivity index (χ1) is 7.13. The first kappa shape index (κ1) is 12.0. The van der Waals surface area contributed by atoms with Crippen molar-refractivity contribution in [3.05, 3.63) is 29.6 Å². The first-order valence-corrected chi connectivity index (χ1v) is 4.77. The molecule has 0 aliphatic rings. The highest BCUT2D eigenvalue weighted by Crippen LogP contribution is 2.07. The van der Waals surface area contributed by atoms with Gasteiger partial charge in [-0.05, 0) is 18.6 Å². The summed E-state index contributed by atoms with van der Waals surface area (Å²) in [4.78, 5) is 3.81. The lowest BCUT2D eigenvalue weighted by atomic mass is 9.82. The van der Waals surface area contributed by atoms with Crippen molar-refractivity contribution >= 4 is 24.2 Å². The SMILES string of the molecule is C/C(=C/Cl)COc1cncc(B(O)O)c1. The fraction of sp³-hybridized carbons (Fsp3) is 0.222. The van der Waals surface area contributed by atoms with Gasteiger partial charge in [0.15, 0.2) is 0 Å². The maximum Gasteiger partial charge on any atom is 0.490 e. The van der Waals surface area contributed by atoms with Crippen LogP contribution < -0.4 is 10.2 Å². The van der Waals surface area contributed by atoms with Crippen LogP contribution in [0.1, 0.15) is 6.92 Å². The number of hydrogen-bond acceptors (Lipinski definition) is 4. The molecule has 4 nitrogen and oxygen atoms in total. The summed E-state index contributed by atoms with van der Waals surface area (Å²) in [6.45, 7) is 2.17. The fourth-order valence-electron chi connectivity index (χ4n) is 0.884. The summed E-state index contributed by atoms with van der Waals surface area (Å²) in [7, 11) is -1.54. The average Bonchev–Trinajstić information content (AvgIpc) is 2.26. The molecule has 15 heavy (non-hydrogen) atoms. The third-order valence-electron chi connectivity index (χ3n) is 1.69. The summed E-state index contributed by atoms with van der Waals surface area (Å²) in [6.07, 6.45) is 2.86. The van der Waals surface area contributed by atoms with Gasteiger partial charge in [-0.1, -0.05) is 11.6 Å². The smallest absolute Gasteiger partial charge is 0.488 e. The van der Waals surface area contributed by atoms with Crippen LogP contribution in [-0.2, 0) is 0 Å². The number of hydrogen-bond donors (Lipinski definition) is 2. The highest BCUT2D eigenvalue weighted by Gasteiger charge is 2.11. The summed E-state index contributed by atoms with van der Waals surface area (Å²) in [5, 5.41) is 17.8. The molecule has 0 aliphatic carbocycles. The number of halogens is 1. The summed E-state index contributed by atoms with van der Waals surface area (Å²) >= 11 is 5.46. The molecule has 0 spiro atoms. The molecule has 0 atom stereocenters. The molecule has 0 aliphatic heterocycles. The molecule has 6 heteroatoms. The van der Waals surface area contributed by atoms with Gasteiger partial charge < -0.3 is 14.8 Å². The molecular formula is C9H11BClNO3. The van der Waals surface area contributed by atoms with Gasteiger partial charge in [-0.25, -0.2) is 0 Å². The van der Waals surface area contributed by atoms with Crippen LogP contribution in [0.2, 0.25) is 0 Å². The molecule has 0 saturated carbocycles. The van der Waals surface area contributed by atoms with Crippen LogP contribution in [-0.4, -0.2) is 28.8 Å². The number of ether oxygens (including phenoxy) is 1. The fourth-order valence-corrected chi connectivity index (χ4v) is 0.947. The van der Waals surface area contributed by atoms with Crippen molar-refractivity contribution in [3.63, 3.8) is 0 Å². The zero-order chi connectivity index (χ0) is 11.3. The second-order valence-electron chi connectivity index (χ2n) is 3.07. The molecule has 1 aromatic heterocycles. The zero-order valence-corrected chi connectivity index (χ0v) is 8.98. The molecule has 0 unspecified atom stereocenters. The minimum absolute atomic E-state index is 0.292. The van der Waals surface area contributed by atoms with Gasteiger partial charge in [-0.2, -0.15) is 0 Å². The number of nitrogens with zero attached hydrogens (tertiary/aromatic N) is 1. The highest BCUT2D eigenvalue weighted by atomic mass is 35.5. The molecule has 80 valence electrons. The van der Waals surface area contributed by atoms with E-state index in [1.807, 2.05) is 6.92 Å². The largest absolute Gasteiger partial charge is 0.490 e. The van der Waals surface area contributed by atoms with Gasteiger partial charge in [0.2, 0.25) is 0 Å². The lowest BCUT2D eigenvalue weighted by Gasteiger charge is -2.06. The molecule has 0 bridgehead atoms. The Hall–Kier alpha value is -1.04. The lowest BCUT2D eigenvalue weighted by Crippen LogP contribution is -2.30. The zero-order valence-electron chi connectivity index (χ0n) is 8.22. The number of rotatable bonds is 4. The van der Waals surface area contributed by atoms with Gasteiger partial charge >= 0.3 is 7.12 Å². The van der Waals surface area contributed by atoms with Crippen LogP contribution in [0.25, 0.3) is 0 Å². The highest BCUT2D eigenvalue weighted by molar-refractivity contribution is 6.58. The Kier molecular flexibility index (Phi) is 4.61. The van der Waals surface area contributed by atoms with E-state index in [9.17, 15) is 0 Å². The maximum atomic E-state index is 8.90. The molecule has 0 radical (unpaired) electrons. The Bertz CT molecular complexity index is 357. The second-order valence-corrected chi connectivity index (χ2v) is 3.29.